The number of aryl methyl sites for hydroxylation is 1. The fraction of sp³-hybridized carbons (Fsp3) is 0.583. The van der Waals surface area contributed by atoms with Gasteiger partial charge in [0, 0.05) is 11.1 Å². The number of aromatic nitrogens is 1. The molecular weight excluding hydrogens is 247 g/mol. The fourth-order valence-electron chi connectivity index (χ4n) is 1.58. The van der Waals surface area contributed by atoms with Crippen LogP contribution >= 0.6 is 11.3 Å². The molecule has 96 valence electrons. The molecule has 17 heavy (non-hydrogen) atoms. The molecule has 1 aromatic heterocycles. The molecule has 0 aliphatic rings. The standard InChI is InChI=1S/C12H16F3NS/c1-4-5-6-8(2)10(12(13,14)15)11-16-9(3)7-17-11/h7H,4-6H2,1-3H3/b10-8+. The van der Waals surface area contributed by atoms with E-state index in [2.05, 4.69) is 4.98 Å². The molecule has 0 saturated heterocycles. The van der Waals surface area contributed by atoms with E-state index in [4.69, 9.17) is 0 Å². The molecule has 0 amide bonds. The highest BCUT2D eigenvalue weighted by molar-refractivity contribution is 7.10. The van der Waals surface area contributed by atoms with Crippen LogP contribution in [0.15, 0.2) is 11.0 Å². The molecule has 0 saturated carbocycles. The molecule has 0 atom stereocenters. The van der Waals surface area contributed by atoms with Crippen molar-refractivity contribution in [3.05, 3.63) is 21.7 Å². The summed E-state index contributed by atoms with van der Waals surface area (Å²) in [6, 6.07) is 0. The maximum Gasteiger partial charge on any atom is 0.419 e. The lowest BCUT2D eigenvalue weighted by Gasteiger charge is -2.13. The van der Waals surface area contributed by atoms with Crippen LogP contribution in [0.2, 0.25) is 0 Å². The highest BCUT2D eigenvalue weighted by atomic mass is 32.1. The van der Waals surface area contributed by atoms with Crippen LogP contribution in [0.5, 0.6) is 0 Å². The first kappa shape index (κ1) is 14.2. The lowest BCUT2D eigenvalue weighted by Crippen LogP contribution is -2.12. The Bertz CT molecular complexity index is 404. The Morgan fingerprint density at radius 2 is 2.06 bits per heavy atom. The molecule has 0 aliphatic heterocycles. The summed E-state index contributed by atoms with van der Waals surface area (Å²) in [6.07, 6.45) is -2.18. The first-order valence-electron chi connectivity index (χ1n) is 5.55. The summed E-state index contributed by atoms with van der Waals surface area (Å²) in [6.45, 7) is 5.22. The van der Waals surface area contributed by atoms with Crippen molar-refractivity contribution in [2.45, 2.75) is 46.2 Å². The molecule has 1 rings (SSSR count). The number of halogens is 3. The van der Waals surface area contributed by atoms with Gasteiger partial charge in [-0.25, -0.2) is 4.98 Å². The molecule has 0 unspecified atom stereocenters. The van der Waals surface area contributed by atoms with Gasteiger partial charge in [0.25, 0.3) is 0 Å². The number of nitrogens with zero attached hydrogens (tertiary/aromatic N) is 1. The van der Waals surface area contributed by atoms with Crippen molar-refractivity contribution in [3.63, 3.8) is 0 Å². The van der Waals surface area contributed by atoms with E-state index in [0.29, 0.717) is 17.7 Å². The SMILES string of the molecule is CCCC/C(C)=C(\c1nc(C)cs1)C(F)(F)F. The zero-order valence-corrected chi connectivity index (χ0v) is 11.0. The van der Waals surface area contributed by atoms with Crippen molar-refractivity contribution in [1.82, 2.24) is 4.98 Å². The third-order valence-electron chi connectivity index (χ3n) is 2.45. The summed E-state index contributed by atoms with van der Waals surface area (Å²) in [5, 5.41) is 1.73. The molecule has 1 aromatic rings. The van der Waals surface area contributed by atoms with Crippen molar-refractivity contribution >= 4 is 16.9 Å². The number of alkyl halides is 3. The second kappa shape index (κ2) is 5.67. The first-order chi connectivity index (χ1) is 7.86. The van der Waals surface area contributed by atoms with Gasteiger partial charge in [-0.1, -0.05) is 18.9 Å². The van der Waals surface area contributed by atoms with E-state index in [1.54, 1.807) is 19.2 Å². The number of thiazole rings is 1. The van der Waals surface area contributed by atoms with Gasteiger partial charge in [0.2, 0.25) is 0 Å². The lowest BCUT2D eigenvalue weighted by atomic mass is 10.0. The van der Waals surface area contributed by atoms with Crippen molar-refractivity contribution < 1.29 is 13.2 Å². The summed E-state index contributed by atoms with van der Waals surface area (Å²) >= 11 is 1.06. The zero-order chi connectivity index (χ0) is 13.1. The minimum absolute atomic E-state index is 0.0867. The van der Waals surface area contributed by atoms with Crippen LogP contribution in [0.25, 0.3) is 5.57 Å². The number of allylic oxidation sites excluding steroid dienone is 2. The molecule has 5 heteroatoms. The largest absolute Gasteiger partial charge is 0.419 e. The van der Waals surface area contributed by atoms with Crippen LogP contribution in [-0.2, 0) is 0 Å². The molecular formula is C12H16F3NS. The van der Waals surface area contributed by atoms with Crippen LogP contribution in [0.4, 0.5) is 13.2 Å². The van der Waals surface area contributed by atoms with Crippen molar-refractivity contribution in [1.29, 1.82) is 0 Å². The van der Waals surface area contributed by atoms with Gasteiger partial charge in [-0.15, -0.1) is 11.3 Å². The average Bonchev–Trinajstić information content (AvgIpc) is 2.59. The molecule has 0 N–H and O–H groups in total. The predicted octanol–water partition coefficient (Wildman–Crippen LogP) is 4.98. The van der Waals surface area contributed by atoms with E-state index in [1.165, 1.54) is 0 Å². The van der Waals surface area contributed by atoms with Crippen LogP contribution in [0.1, 0.15) is 43.8 Å². The van der Waals surface area contributed by atoms with E-state index in [1.807, 2.05) is 6.92 Å². The van der Waals surface area contributed by atoms with Crippen molar-refractivity contribution in [2.75, 3.05) is 0 Å². The lowest BCUT2D eigenvalue weighted by molar-refractivity contribution is -0.0695. The van der Waals surface area contributed by atoms with Gasteiger partial charge in [0.05, 0.1) is 5.57 Å². The van der Waals surface area contributed by atoms with Gasteiger partial charge in [-0.05, 0) is 26.7 Å². The third kappa shape index (κ3) is 3.84. The molecule has 0 bridgehead atoms. The molecule has 0 aliphatic carbocycles. The van der Waals surface area contributed by atoms with E-state index in [0.717, 1.165) is 24.2 Å². The number of hydrogen-bond donors (Lipinski definition) is 0. The van der Waals surface area contributed by atoms with E-state index >= 15 is 0 Å². The van der Waals surface area contributed by atoms with E-state index < -0.39 is 11.7 Å². The second-order valence-electron chi connectivity index (χ2n) is 4.05. The van der Waals surface area contributed by atoms with Crippen LogP contribution in [0, 0.1) is 6.92 Å². The van der Waals surface area contributed by atoms with Crippen LogP contribution < -0.4 is 0 Å². The Kier molecular flexibility index (Phi) is 4.74. The maximum atomic E-state index is 13.0. The topological polar surface area (TPSA) is 12.9 Å². The molecule has 0 aromatic carbocycles. The van der Waals surface area contributed by atoms with Crippen molar-refractivity contribution in [3.8, 4) is 0 Å². The molecule has 0 spiro atoms. The van der Waals surface area contributed by atoms with Crippen LogP contribution in [-0.4, -0.2) is 11.2 Å². The number of hydrogen-bond acceptors (Lipinski definition) is 2. The molecule has 0 fully saturated rings. The smallest absolute Gasteiger partial charge is 0.241 e. The number of unbranched alkanes of at least 4 members (excludes halogenated alkanes) is 1. The van der Waals surface area contributed by atoms with Gasteiger partial charge in [-0.3, -0.25) is 0 Å². The van der Waals surface area contributed by atoms with Gasteiger partial charge in [0.1, 0.15) is 5.01 Å². The van der Waals surface area contributed by atoms with Crippen molar-refractivity contribution in [2.24, 2.45) is 0 Å². The first-order valence-corrected chi connectivity index (χ1v) is 6.43. The molecule has 1 nitrogen and oxygen atoms in total. The van der Waals surface area contributed by atoms with E-state index in [9.17, 15) is 13.2 Å². The zero-order valence-electron chi connectivity index (χ0n) is 10.2. The summed E-state index contributed by atoms with van der Waals surface area (Å²) < 4.78 is 39.0. The Hall–Kier alpha value is -0.840. The molecule has 1 heterocycles. The second-order valence-corrected chi connectivity index (χ2v) is 4.91. The minimum atomic E-state index is -4.32. The third-order valence-corrected chi connectivity index (χ3v) is 3.43. The monoisotopic (exact) mass is 263 g/mol. The highest BCUT2D eigenvalue weighted by Gasteiger charge is 2.37. The highest BCUT2D eigenvalue weighted by Crippen LogP contribution is 2.38. The van der Waals surface area contributed by atoms with Gasteiger partial charge >= 0.3 is 6.18 Å². The fourth-order valence-corrected chi connectivity index (χ4v) is 2.52. The quantitative estimate of drug-likeness (QED) is 0.746. The Balaban J connectivity index is 3.12. The average molecular weight is 263 g/mol. The van der Waals surface area contributed by atoms with Crippen LogP contribution in [0.3, 0.4) is 0 Å². The summed E-state index contributed by atoms with van der Waals surface area (Å²) in [5.41, 5.74) is 0.466. The minimum Gasteiger partial charge on any atom is -0.241 e. The van der Waals surface area contributed by atoms with Gasteiger partial charge in [-0.2, -0.15) is 13.2 Å². The Labute approximate surface area is 103 Å². The summed E-state index contributed by atoms with van der Waals surface area (Å²) in [7, 11) is 0. The summed E-state index contributed by atoms with van der Waals surface area (Å²) in [5.74, 6) is 0. The molecule has 0 radical (unpaired) electrons. The van der Waals surface area contributed by atoms with E-state index in [-0.39, 0.29) is 5.01 Å². The Morgan fingerprint density at radius 1 is 1.41 bits per heavy atom. The van der Waals surface area contributed by atoms with Gasteiger partial charge < -0.3 is 0 Å². The normalized spacial score (nSPS) is 13.8. The predicted molar refractivity (Wildman–Crippen MR) is 65.0 cm³/mol. The summed E-state index contributed by atoms with van der Waals surface area (Å²) in [4.78, 5) is 3.95. The number of rotatable bonds is 4. The van der Waals surface area contributed by atoms with Gasteiger partial charge in [0.15, 0.2) is 0 Å². The maximum absolute atomic E-state index is 13.0. The Morgan fingerprint density at radius 3 is 2.47 bits per heavy atom.